The second-order valence-corrected chi connectivity index (χ2v) is 6.74. The number of rotatable bonds is 7. The molecule has 1 N–H and O–H groups in total. The normalized spacial score (nSPS) is 11.7. The number of amides is 1. The molecule has 2 aromatic rings. The number of ether oxygens (including phenoxy) is 2. The summed E-state index contributed by atoms with van der Waals surface area (Å²) in [5.74, 6) is 1.37. The Hall–Kier alpha value is -2.01. The molecule has 0 heterocycles. The largest absolute Gasteiger partial charge is 0.494 e. The molecule has 0 unspecified atom stereocenters. The topological polar surface area (TPSA) is 47.6 Å². The van der Waals surface area contributed by atoms with E-state index in [0.717, 1.165) is 26.9 Å². The molecule has 0 fully saturated rings. The van der Waals surface area contributed by atoms with Crippen LogP contribution in [0.25, 0.3) is 0 Å². The first kappa shape index (κ1) is 19.3. The Morgan fingerprint density at radius 3 is 2.24 bits per heavy atom. The van der Waals surface area contributed by atoms with Gasteiger partial charge >= 0.3 is 0 Å². The van der Waals surface area contributed by atoms with E-state index in [1.165, 1.54) is 0 Å². The van der Waals surface area contributed by atoms with Gasteiger partial charge in [0.2, 0.25) is 0 Å². The van der Waals surface area contributed by atoms with Crippen LogP contribution in [0.15, 0.2) is 40.9 Å². The molecule has 0 saturated carbocycles. The number of hydrogen-bond acceptors (Lipinski definition) is 3. The van der Waals surface area contributed by atoms with Crippen molar-refractivity contribution in [2.75, 3.05) is 13.2 Å². The van der Waals surface area contributed by atoms with E-state index in [1.54, 1.807) is 0 Å². The highest BCUT2D eigenvalue weighted by Gasteiger charge is 2.11. The fourth-order valence-corrected chi connectivity index (χ4v) is 2.75. The summed E-state index contributed by atoms with van der Waals surface area (Å²) in [5, 5.41) is 2.94. The Balaban J connectivity index is 1.89. The predicted molar refractivity (Wildman–Crippen MR) is 103 cm³/mol. The maximum atomic E-state index is 12.1. The van der Waals surface area contributed by atoms with Crippen molar-refractivity contribution in [3.05, 3.63) is 57.6 Å². The second-order valence-electron chi connectivity index (χ2n) is 5.95. The molecule has 0 aliphatic heterocycles. The molecular weight excluding hydrogens is 382 g/mol. The minimum atomic E-state index is -0.153. The SMILES string of the molecule is CCOc1ccc([C@H](C)NC(=O)COc2cc(C)c(Br)c(C)c2)cc1. The summed E-state index contributed by atoms with van der Waals surface area (Å²) in [6.07, 6.45) is 0. The van der Waals surface area contributed by atoms with Crippen LogP contribution in [0, 0.1) is 13.8 Å². The molecule has 2 aromatic carbocycles. The number of halogens is 1. The molecule has 0 aromatic heterocycles. The summed E-state index contributed by atoms with van der Waals surface area (Å²) in [6, 6.07) is 11.5. The fraction of sp³-hybridized carbons (Fsp3) is 0.350. The van der Waals surface area contributed by atoms with E-state index in [0.29, 0.717) is 12.4 Å². The van der Waals surface area contributed by atoms with Crippen LogP contribution >= 0.6 is 15.9 Å². The van der Waals surface area contributed by atoms with E-state index in [-0.39, 0.29) is 18.6 Å². The standard InChI is InChI=1S/C20H24BrNO3/c1-5-24-17-8-6-16(7-9-17)15(4)22-19(23)12-25-18-10-13(2)20(21)14(3)11-18/h6-11,15H,5,12H2,1-4H3,(H,22,23)/t15-/m0/s1. The van der Waals surface area contributed by atoms with Gasteiger partial charge < -0.3 is 14.8 Å². The van der Waals surface area contributed by atoms with Crippen LogP contribution in [-0.4, -0.2) is 19.1 Å². The van der Waals surface area contributed by atoms with E-state index >= 15 is 0 Å². The van der Waals surface area contributed by atoms with Crippen molar-refractivity contribution < 1.29 is 14.3 Å². The third kappa shape index (κ3) is 5.49. The van der Waals surface area contributed by atoms with Crippen LogP contribution in [-0.2, 0) is 4.79 Å². The van der Waals surface area contributed by atoms with Gasteiger partial charge in [-0.15, -0.1) is 0 Å². The van der Waals surface area contributed by atoms with E-state index in [2.05, 4.69) is 21.2 Å². The monoisotopic (exact) mass is 405 g/mol. The Bertz CT molecular complexity index is 705. The zero-order valence-corrected chi connectivity index (χ0v) is 16.6. The zero-order chi connectivity index (χ0) is 18.4. The molecule has 0 saturated heterocycles. The molecule has 1 atom stereocenters. The van der Waals surface area contributed by atoms with Crippen LogP contribution in [0.3, 0.4) is 0 Å². The van der Waals surface area contributed by atoms with Crippen LogP contribution in [0.4, 0.5) is 0 Å². The Morgan fingerprint density at radius 2 is 1.68 bits per heavy atom. The van der Waals surface area contributed by atoms with E-state index in [4.69, 9.17) is 9.47 Å². The first-order chi connectivity index (χ1) is 11.9. The smallest absolute Gasteiger partial charge is 0.258 e. The zero-order valence-electron chi connectivity index (χ0n) is 15.1. The Labute approximate surface area is 157 Å². The lowest BCUT2D eigenvalue weighted by atomic mass is 10.1. The molecule has 0 spiro atoms. The molecule has 0 aliphatic rings. The highest BCUT2D eigenvalue weighted by molar-refractivity contribution is 9.10. The first-order valence-electron chi connectivity index (χ1n) is 8.32. The number of benzene rings is 2. The van der Waals surface area contributed by atoms with Crippen molar-refractivity contribution in [3.8, 4) is 11.5 Å². The summed E-state index contributed by atoms with van der Waals surface area (Å²) in [6.45, 7) is 8.52. The van der Waals surface area contributed by atoms with Gasteiger partial charge in [0, 0.05) is 4.47 Å². The van der Waals surface area contributed by atoms with Gasteiger partial charge in [-0.2, -0.15) is 0 Å². The van der Waals surface area contributed by atoms with Gasteiger partial charge in [0.25, 0.3) is 5.91 Å². The molecular formula is C20H24BrNO3. The maximum Gasteiger partial charge on any atom is 0.258 e. The minimum Gasteiger partial charge on any atom is -0.494 e. The van der Waals surface area contributed by atoms with Crippen molar-refractivity contribution in [1.29, 1.82) is 0 Å². The molecule has 0 bridgehead atoms. The summed E-state index contributed by atoms with van der Waals surface area (Å²) in [4.78, 5) is 12.1. The average Bonchev–Trinajstić information content (AvgIpc) is 2.58. The van der Waals surface area contributed by atoms with Gasteiger partial charge in [-0.1, -0.05) is 28.1 Å². The van der Waals surface area contributed by atoms with E-state index < -0.39 is 0 Å². The number of carbonyl (C=O) groups is 1. The summed E-state index contributed by atoms with van der Waals surface area (Å²) < 4.78 is 12.1. The van der Waals surface area contributed by atoms with Crippen LogP contribution in [0.2, 0.25) is 0 Å². The van der Waals surface area contributed by atoms with E-state index in [1.807, 2.05) is 64.1 Å². The third-order valence-electron chi connectivity index (χ3n) is 3.85. The van der Waals surface area contributed by atoms with Gasteiger partial charge in [0.1, 0.15) is 11.5 Å². The quantitative estimate of drug-likeness (QED) is 0.724. The molecule has 2 rings (SSSR count). The molecule has 0 radical (unpaired) electrons. The van der Waals surface area contributed by atoms with Gasteiger partial charge in [-0.3, -0.25) is 4.79 Å². The number of hydrogen-bond donors (Lipinski definition) is 1. The number of aryl methyl sites for hydroxylation is 2. The summed E-state index contributed by atoms with van der Waals surface area (Å²) in [7, 11) is 0. The lowest BCUT2D eigenvalue weighted by Crippen LogP contribution is -2.31. The van der Waals surface area contributed by atoms with Crippen molar-refractivity contribution in [3.63, 3.8) is 0 Å². The van der Waals surface area contributed by atoms with Crippen molar-refractivity contribution >= 4 is 21.8 Å². The van der Waals surface area contributed by atoms with Crippen LogP contribution in [0.1, 0.15) is 36.6 Å². The highest BCUT2D eigenvalue weighted by atomic mass is 79.9. The van der Waals surface area contributed by atoms with Gasteiger partial charge in [0.05, 0.1) is 12.6 Å². The molecule has 1 amide bonds. The second kappa shape index (κ2) is 8.90. The maximum absolute atomic E-state index is 12.1. The highest BCUT2D eigenvalue weighted by Crippen LogP contribution is 2.26. The third-order valence-corrected chi connectivity index (χ3v) is 5.10. The van der Waals surface area contributed by atoms with Crippen LogP contribution in [0.5, 0.6) is 11.5 Å². The Morgan fingerprint density at radius 1 is 1.08 bits per heavy atom. The predicted octanol–water partition coefficient (Wildman–Crippen LogP) is 4.72. The molecule has 5 heteroatoms. The molecule has 134 valence electrons. The average molecular weight is 406 g/mol. The van der Waals surface area contributed by atoms with E-state index in [9.17, 15) is 4.79 Å². The minimum absolute atomic E-state index is 0.0120. The Kier molecular flexibility index (Phi) is 6.88. The molecule has 4 nitrogen and oxygen atoms in total. The summed E-state index contributed by atoms with van der Waals surface area (Å²) in [5.41, 5.74) is 3.18. The fourth-order valence-electron chi connectivity index (χ4n) is 2.52. The summed E-state index contributed by atoms with van der Waals surface area (Å²) >= 11 is 3.52. The first-order valence-corrected chi connectivity index (χ1v) is 9.11. The lowest BCUT2D eigenvalue weighted by Gasteiger charge is -2.16. The van der Waals surface area contributed by atoms with Gasteiger partial charge in [-0.25, -0.2) is 0 Å². The molecule has 25 heavy (non-hydrogen) atoms. The van der Waals surface area contributed by atoms with Crippen LogP contribution < -0.4 is 14.8 Å². The van der Waals surface area contributed by atoms with Crippen molar-refractivity contribution in [2.24, 2.45) is 0 Å². The lowest BCUT2D eigenvalue weighted by molar-refractivity contribution is -0.123. The van der Waals surface area contributed by atoms with Crippen molar-refractivity contribution in [2.45, 2.75) is 33.7 Å². The molecule has 0 aliphatic carbocycles. The number of nitrogens with one attached hydrogen (secondary N) is 1. The van der Waals surface area contributed by atoms with Gasteiger partial charge in [0.15, 0.2) is 6.61 Å². The van der Waals surface area contributed by atoms with Gasteiger partial charge in [-0.05, 0) is 68.7 Å². The number of carbonyl (C=O) groups excluding carboxylic acids is 1. The van der Waals surface area contributed by atoms with Crippen molar-refractivity contribution in [1.82, 2.24) is 5.32 Å².